The summed E-state index contributed by atoms with van der Waals surface area (Å²) in [5, 5.41) is 10.7. The molecule has 1 aliphatic heterocycles. The van der Waals surface area contributed by atoms with Gasteiger partial charge in [-0.15, -0.1) is 0 Å². The zero-order valence-corrected chi connectivity index (χ0v) is 13.2. The van der Waals surface area contributed by atoms with E-state index in [1.807, 2.05) is 0 Å². The highest BCUT2D eigenvalue weighted by Gasteiger charge is 2.31. The zero-order chi connectivity index (χ0) is 17.2. The van der Waals surface area contributed by atoms with Gasteiger partial charge >= 0.3 is 6.09 Å². The molecule has 126 valence electrons. The normalized spacial score (nSPS) is 17.9. The van der Waals surface area contributed by atoms with Crippen LogP contribution in [0.4, 0.5) is 14.9 Å². The molecule has 1 atom stereocenters. The predicted molar refractivity (Wildman–Crippen MR) is 79.9 cm³/mol. The molecule has 1 aromatic carbocycles. The van der Waals surface area contributed by atoms with Gasteiger partial charge in [0.15, 0.2) is 0 Å². The summed E-state index contributed by atoms with van der Waals surface area (Å²) in [5.74, 6) is -0.663. The Kier molecular flexibility index (Phi) is 4.72. The fraction of sp³-hybridized carbons (Fsp3) is 0.533. The molecule has 1 heterocycles. The minimum Gasteiger partial charge on any atom is -0.488 e. The minimum absolute atomic E-state index is 0.0766. The summed E-state index contributed by atoms with van der Waals surface area (Å²) in [6, 6.07) is 3.08. The highest BCUT2D eigenvalue weighted by molar-refractivity contribution is 5.68. The Hall–Kier alpha value is -2.38. The van der Waals surface area contributed by atoms with Gasteiger partial charge in [-0.3, -0.25) is 10.1 Å². The molecule has 7 nitrogen and oxygen atoms in total. The topological polar surface area (TPSA) is 81.9 Å². The first-order valence-corrected chi connectivity index (χ1v) is 7.23. The standard InChI is InChI=1S/C15H19FN2O5/c1-15(2,3)23-14(19)17-5-4-12(9-17)22-13-7-10(16)6-11(8-13)18(20)21/h6-8,12H,4-5,9H2,1-3H3/t12-/m1/s1. The molecule has 8 heteroatoms. The van der Waals surface area contributed by atoms with Gasteiger partial charge in [-0.2, -0.15) is 0 Å². The Morgan fingerprint density at radius 3 is 2.70 bits per heavy atom. The van der Waals surface area contributed by atoms with Crippen LogP contribution in [-0.2, 0) is 4.74 Å². The lowest BCUT2D eigenvalue weighted by atomic mass is 10.2. The van der Waals surface area contributed by atoms with E-state index in [0.29, 0.717) is 19.5 Å². The number of hydrogen-bond donors (Lipinski definition) is 0. The number of nitro benzene ring substituents is 1. The lowest BCUT2D eigenvalue weighted by Gasteiger charge is -2.24. The second kappa shape index (κ2) is 6.39. The van der Waals surface area contributed by atoms with Gasteiger partial charge < -0.3 is 14.4 Å². The average Bonchev–Trinajstić information content (AvgIpc) is 2.84. The summed E-state index contributed by atoms with van der Waals surface area (Å²) in [6.45, 7) is 6.08. The molecule has 1 saturated heterocycles. The Balaban J connectivity index is 1.98. The molecule has 0 unspecified atom stereocenters. The smallest absolute Gasteiger partial charge is 0.410 e. The number of ether oxygens (including phenoxy) is 2. The lowest BCUT2D eigenvalue weighted by Crippen LogP contribution is -2.36. The van der Waals surface area contributed by atoms with E-state index in [4.69, 9.17) is 9.47 Å². The highest BCUT2D eigenvalue weighted by Crippen LogP contribution is 2.25. The Morgan fingerprint density at radius 2 is 2.09 bits per heavy atom. The van der Waals surface area contributed by atoms with Crippen LogP contribution in [0.25, 0.3) is 0 Å². The van der Waals surface area contributed by atoms with Crippen molar-refractivity contribution in [1.82, 2.24) is 4.90 Å². The summed E-state index contributed by atoms with van der Waals surface area (Å²) in [6.07, 6.45) is -0.249. The number of non-ortho nitro benzene ring substituents is 1. The molecule has 2 rings (SSSR count). The number of carbonyl (C=O) groups is 1. The van der Waals surface area contributed by atoms with Crippen molar-refractivity contribution >= 4 is 11.8 Å². The van der Waals surface area contributed by atoms with Crippen molar-refractivity contribution in [1.29, 1.82) is 0 Å². The summed E-state index contributed by atoms with van der Waals surface area (Å²) in [7, 11) is 0. The minimum atomic E-state index is -0.740. The van der Waals surface area contributed by atoms with Gasteiger partial charge in [0.2, 0.25) is 0 Å². The van der Waals surface area contributed by atoms with E-state index in [1.54, 1.807) is 20.8 Å². The molecule has 0 aliphatic carbocycles. The molecular weight excluding hydrogens is 307 g/mol. The average molecular weight is 326 g/mol. The number of carbonyl (C=O) groups excluding carboxylic acids is 1. The first kappa shape index (κ1) is 17.0. The van der Waals surface area contributed by atoms with Crippen molar-refractivity contribution < 1.29 is 23.6 Å². The van der Waals surface area contributed by atoms with Crippen LogP contribution in [0.1, 0.15) is 27.2 Å². The second-order valence-corrected chi connectivity index (χ2v) is 6.36. The maximum atomic E-state index is 13.4. The predicted octanol–water partition coefficient (Wildman–Crippen LogP) is 3.12. The van der Waals surface area contributed by atoms with Gasteiger partial charge in [0.25, 0.3) is 5.69 Å². The largest absolute Gasteiger partial charge is 0.488 e. The van der Waals surface area contributed by atoms with Crippen molar-refractivity contribution in [2.75, 3.05) is 13.1 Å². The van der Waals surface area contributed by atoms with E-state index in [0.717, 1.165) is 12.1 Å². The van der Waals surface area contributed by atoms with E-state index in [-0.39, 0.29) is 17.5 Å². The van der Waals surface area contributed by atoms with Gasteiger partial charge in [0, 0.05) is 19.0 Å². The SMILES string of the molecule is CC(C)(C)OC(=O)N1CC[C@@H](Oc2cc(F)cc([N+](=O)[O-])c2)C1. The number of hydrogen-bond acceptors (Lipinski definition) is 5. The van der Waals surface area contributed by atoms with Crippen LogP contribution in [0.3, 0.4) is 0 Å². The maximum absolute atomic E-state index is 13.4. The number of benzene rings is 1. The van der Waals surface area contributed by atoms with E-state index in [2.05, 4.69) is 0 Å². The third-order valence-corrected chi connectivity index (χ3v) is 3.17. The van der Waals surface area contributed by atoms with Crippen LogP contribution < -0.4 is 4.74 Å². The number of rotatable bonds is 3. The number of likely N-dealkylation sites (tertiary alicyclic amines) is 1. The van der Waals surface area contributed by atoms with Gasteiger partial charge in [-0.25, -0.2) is 9.18 Å². The molecule has 1 aromatic rings. The third kappa shape index (κ3) is 4.80. The van der Waals surface area contributed by atoms with Crippen molar-refractivity contribution in [3.8, 4) is 5.75 Å². The van der Waals surface area contributed by atoms with Crippen LogP contribution in [0.5, 0.6) is 5.75 Å². The number of nitrogens with zero attached hydrogens (tertiary/aromatic N) is 2. The first-order chi connectivity index (χ1) is 10.6. The Morgan fingerprint density at radius 1 is 1.39 bits per heavy atom. The number of amides is 1. The molecule has 23 heavy (non-hydrogen) atoms. The lowest BCUT2D eigenvalue weighted by molar-refractivity contribution is -0.385. The monoisotopic (exact) mass is 326 g/mol. The van der Waals surface area contributed by atoms with Crippen LogP contribution in [0, 0.1) is 15.9 Å². The molecule has 0 saturated carbocycles. The quantitative estimate of drug-likeness (QED) is 0.629. The van der Waals surface area contributed by atoms with E-state index >= 15 is 0 Å². The van der Waals surface area contributed by atoms with Crippen molar-refractivity contribution in [2.24, 2.45) is 0 Å². The van der Waals surface area contributed by atoms with Crippen molar-refractivity contribution in [2.45, 2.75) is 38.9 Å². The van der Waals surface area contributed by atoms with Crippen molar-refractivity contribution in [3.63, 3.8) is 0 Å². The van der Waals surface area contributed by atoms with E-state index in [1.165, 1.54) is 11.0 Å². The molecular formula is C15H19FN2O5. The van der Waals surface area contributed by atoms with Gasteiger partial charge in [0.05, 0.1) is 23.6 Å². The van der Waals surface area contributed by atoms with Gasteiger partial charge in [-0.1, -0.05) is 0 Å². The summed E-state index contributed by atoms with van der Waals surface area (Å²) in [5.41, 5.74) is -0.957. The number of nitro groups is 1. The van der Waals surface area contributed by atoms with E-state index in [9.17, 15) is 19.3 Å². The van der Waals surface area contributed by atoms with Crippen LogP contribution in [0.15, 0.2) is 18.2 Å². The first-order valence-electron chi connectivity index (χ1n) is 7.23. The molecule has 1 fully saturated rings. The summed E-state index contributed by atoms with van der Waals surface area (Å²) < 4.78 is 24.2. The second-order valence-electron chi connectivity index (χ2n) is 6.36. The van der Waals surface area contributed by atoms with Crippen LogP contribution in [0.2, 0.25) is 0 Å². The fourth-order valence-electron chi connectivity index (χ4n) is 2.23. The Labute approximate surface area is 133 Å². The summed E-state index contributed by atoms with van der Waals surface area (Å²) >= 11 is 0. The molecule has 0 radical (unpaired) electrons. The molecule has 0 N–H and O–H groups in total. The third-order valence-electron chi connectivity index (χ3n) is 3.17. The van der Waals surface area contributed by atoms with Gasteiger partial charge in [0.1, 0.15) is 23.3 Å². The highest BCUT2D eigenvalue weighted by atomic mass is 19.1. The maximum Gasteiger partial charge on any atom is 0.410 e. The Bertz CT molecular complexity index is 614. The van der Waals surface area contributed by atoms with Crippen molar-refractivity contribution in [3.05, 3.63) is 34.1 Å². The molecule has 0 spiro atoms. The van der Waals surface area contributed by atoms with E-state index < -0.39 is 22.4 Å². The van der Waals surface area contributed by atoms with Crippen LogP contribution >= 0.6 is 0 Å². The molecule has 0 aromatic heterocycles. The molecule has 1 amide bonds. The van der Waals surface area contributed by atoms with Crippen LogP contribution in [-0.4, -0.2) is 40.7 Å². The molecule has 0 bridgehead atoms. The fourth-order valence-corrected chi connectivity index (χ4v) is 2.23. The summed E-state index contributed by atoms with van der Waals surface area (Å²) in [4.78, 5) is 23.5. The zero-order valence-electron chi connectivity index (χ0n) is 13.2. The van der Waals surface area contributed by atoms with Gasteiger partial charge in [-0.05, 0) is 20.8 Å². The number of halogens is 1. The molecule has 1 aliphatic rings.